The number of benzene rings is 1. The lowest BCUT2D eigenvalue weighted by atomic mass is 10.1. The molecule has 0 amide bonds. The molecule has 0 saturated carbocycles. The van der Waals surface area contributed by atoms with Crippen LogP contribution < -0.4 is 5.32 Å². The van der Waals surface area contributed by atoms with Gasteiger partial charge in [0.1, 0.15) is 5.52 Å². The van der Waals surface area contributed by atoms with Crippen molar-refractivity contribution in [2.24, 2.45) is 0 Å². The van der Waals surface area contributed by atoms with E-state index in [1.807, 2.05) is 0 Å². The number of nitrogens with zero attached hydrogens (tertiary/aromatic N) is 1. The lowest BCUT2D eigenvalue weighted by Crippen LogP contribution is -2.13. The summed E-state index contributed by atoms with van der Waals surface area (Å²) in [5.74, 6) is 0.775. The molecular weight excluding hydrogens is 200 g/mol. The average Bonchev–Trinajstić information content (AvgIpc) is 2.61. The number of fused-ring (bicyclic) bond motifs is 1. The van der Waals surface area contributed by atoms with Crippen LogP contribution in [-0.4, -0.2) is 11.5 Å². The van der Waals surface area contributed by atoms with Crippen molar-refractivity contribution >= 4 is 11.1 Å². The molecular formula is C13H18N2O. The van der Waals surface area contributed by atoms with E-state index in [4.69, 9.17) is 4.42 Å². The maximum Gasteiger partial charge on any atom is 0.209 e. The molecule has 1 N–H and O–H groups in total. The Bertz CT molecular complexity index is 488. The standard InChI is InChI=1S/C13H18N2O/c1-4-5-14-8-12-15-11-7-9(2)6-10(3)13(11)16-12/h6-7,14H,4-5,8H2,1-3H3. The summed E-state index contributed by atoms with van der Waals surface area (Å²) in [7, 11) is 0. The molecule has 0 saturated heterocycles. The topological polar surface area (TPSA) is 38.1 Å². The number of hydrogen-bond acceptors (Lipinski definition) is 3. The number of aryl methyl sites for hydroxylation is 2. The molecule has 0 unspecified atom stereocenters. The van der Waals surface area contributed by atoms with Crippen molar-refractivity contribution < 1.29 is 4.42 Å². The highest BCUT2D eigenvalue weighted by Gasteiger charge is 2.07. The van der Waals surface area contributed by atoms with E-state index in [0.29, 0.717) is 6.54 Å². The summed E-state index contributed by atoms with van der Waals surface area (Å²) in [4.78, 5) is 4.48. The van der Waals surface area contributed by atoms with Crippen LogP contribution in [0.15, 0.2) is 16.5 Å². The third kappa shape index (κ3) is 2.25. The minimum Gasteiger partial charge on any atom is -0.439 e. The van der Waals surface area contributed by atoms with E-state index in [2.05, 4.69) is 43.2 Å². The normalized spacial score (nSPS) is 11.2. The van der Waals surface area contributed by atoms with E-state index in [0.717, 1.165) is 35.5 Å². The van der Waals surface area contributed by atoms with Crippen molar-refractivity contribution in [3.05, 3.63) is 29.2 Å². The number of nitrogens with one attached hydrogen (secondary N) is 1. The van der Waals surface area contributed by atoms with Crippen molar-refractivity contribution in [1.29, 1.82) is 0 Å². The molecule has 1 aromatic heterocycles. The second-order valence-electron chi connectivity index (χ2n) is 4.21. The summed E-state index contributed by atoms with van der Waals surface area (Å²) in [5.41, 5.74) is 4.26. The zero-order valence-electron chi connectivity index (χ0n) is 10.1. The Balaban J connectivity index is 2.26. The number of oxazole rings is 1. The van der Waals surface area contributed by atoms with Gasteiger partial charge in [0.15, 0.2) is 5.58 Å². The first kappa shape index (κ1) is 11.1. The highest BCUT2D eigenvalue weighted by Crippen LogP contribution is 2.21. The molecule has 0 aliphatic heterocycles. The fraction of sp³-hybridized carbons (Fsp3) is 0.462. The third-order valence-corrected chi connectivity index (χ3v) is 2.57. The maximum atomic E-state index is 5.73. The van der Waals surface area contributed by atoms with Gasteiger partial charge in [-0.1, -0.05) is 13.0 Å². The van der Waals surface area contributed by atoms with E-state index < -0.39 is 0 Å². The number of aromatic nitrogens is 1. The Labute approximate surface area is 95.9 Å². The Hall–Kier alpha value is -1.35. The van der Waals surface area contributed by atoms with Gasteiger partial charge in [0.2, 0.25) is 5.89 Å². The van der Waals surface area contributed by atoms with Gasteiger partial charge in [0, 0.05) is 0 Å². The van der Waals surface area contributed by atoms with Gasteiger partial charge in [-0.3, -0.25) is 0 Å². The Kier molecular flexibility index (Phi) is 3.25. The van der Waals surface area contributed by atoms with Gasteiger partial charge in [0.05, 0.1) is 6.54 Å². The van der Waals surface area contributed by atoms with Gasteiger partial charge in [-0.25, -0.2) is 4.98 Å². The maximum absolute atomic E-state index is 5.73. The Morgan fingerprint density at radius 1 is 1.31 bits per heavy atom. The van der Waals surface area contributed by atoms with Crippen molar-refractivity contribution in [1.82, 2.24) is 10.3 Å². The predicted octanol–water partition coefficient (Wildman–Crippen LogP) is 2.94. The van der Waals surface area contributed by atoms with Gasteiger partial charge in [-0.2, -0.15) is 0 Å². The lowest BCUT2D eigenvalue weighted by Gasteiger charge is -1.97. The van der Waals surface area contributed by atoms with Gasteiger partial charge in [-0.15, -0.1) is 0 Å². The highest BCUT2D eigenvalue weighted by atomic mass is 16.3. The summed E-state index contributed by atoms with van der Waals surface area (Å²) in [6, 6.07) is 4.19. The first-order valence-corrected chi connectivity index (χ1v) is 5.78. The van der Waals surface area contributed by atoms with Crippen LogP contribution in [0.2, 0.25) is 0 Å². The van der Waals surface area contributed by atoms with Gasteiger partial charge < -0.3 is 9.73 Å². The molecule has 86 valence electrons. The molecule has 0 aliphatic rings. The van der Waals surface area contributed by atoms with E-state index in [9.17, 15) is 0 Å². The zero-order chi connectivity index (χ0) is 11.5. The molecule has 2 rings (SSSR count). The fourth-order valence-corrected chi connectivity index (χ4v) is 1.87. The van der Waals surface area contributed by atoms with E-state index in [1.165, 1.54) is 5.56 Å². The summed E-state index contributed by atoms with van der Waals surface area (Å²) in [6.07, 6.45) is 1.12. The number of rotatable bonds is 4. The van der Waals surface area contributed by atoms with Crippen LogP contribution in [0.3, 0.4) is 0 Å². The highest BCUT2D eigenvalue weighted by molar-refractivity contribution is 5.77. The quantitative estimate of drug-likeness (QED) is 0.802. The molecule has 16 heavy (non-hydrogen) atoms. The SMILES string of the molecule is CCCNCc1nc2cc(C)cc(C)c2o1. The van der Waals surface area contributed by atoms with Crippen LogP contribution >= 0.6 is 0 Å². The molecule has 0 spiro atoms. The van der Waals surface area contributed by atoms with Crippen LogP contribution in [0.4, 0.5) is 0 Å². The molecule has 3 heteroatoms. The minimum atomic E-state index is 0.709. The van der Waals surface area contributed by atoms with Gasteiger partial charge in [0.25, 0.3) is 0 Å². The second-order valence-corrected chi connectivity index (χ2v) is 4.21. The largest absolute Gasteiger partial charge is 0.439 e. The summed E-state index contributed by atoms with van der Waals surface area (Å²) < 4.78 is 5.73. The summed E-state index contributed by atoms with van der Waals surface area (Å²) >= 11 is 0. The van der Waals surface area contributed by atoms with Crippen LogP contribution in [0.1, 0.15) is 30.4 Å². The van der Waals surface area contributed by atoms with Gasteiger partial charge >= 0.3 is 0 Å². The van der Waals surface area contributed by atoms with Crippen molar-refractivity contribution in [3.8, 4) is 0 Å². The van der Waals surface area contributed by atoms with E-state index in [1.54, 1.807) is 0 Å². The monoisotopic (exact) mass is 218 g/mol. The lowest BCUT2D eigenvalue weighted by molar-refractivity contribution is 0.494. The second kappa shape index (κ2) is 4.66. The van der Waals surface area contributed by atoms with Crippen molar-refractivity contribution in [2.45, 2.75) is 33.7 Å². The molecule has 2 aromatic rings. The van der Waals surface area contributed by atoms with E-state index in [-0.39, 0.29) is 0 Å². The predicted molar refractivity (Wildman–Crippen MR) is 65.5 cm³/mol. The van der Waals surface area contributed by atoms with Crippen molar-refractivity contribution in [2.75, 3.05) is 6.54 Å². The first-order chi connectivity index (χ1) is 7.70. The van der Waals surface area contributed by atoms with Crippen LogP contribution in [0.5, 0.6) is 0 Å². The molecule has 0 bridgehead atoms. The molecule has 3 nitrogen and oxygen atoms in total. The molecule has 1 heterocycles. The molecule has 0 radical (unpaired) electrons. The molecule has 0 fully saturated rings. The van der Waals surface area contributed by atoms with Crippen LogP contribution in [0.25, 0.3) is 11.1 Å². The zero-order valence-corrected chi connectivity index (χ0v) is 10.1. The Morgan fingerprint density at radius 3 is 2.88 bits per heavy atom. The van der Waals surface area contributed by atoms with Gasteiger partial charge in [-0.05, 0) is 44.0 Å². The minimum absolute atomic E-state index is 0.709. The Morgan fingerprint density at radius 2 is 2.12 bits per heavy atom. The first-order valence-electron chi connectivity index (χ1n) is 5.78. The summed E-state index contributed by atoms with van der Waals surface area (Å²) in [5, 5.41) is 3.29. The average molecular weight is 218 g/mol. The van der Waals surface area contributed by atoms with Crippen LogP contribution in [0, 0.1) is 13.8 Å². The van der Waals surface area contributed by atoms with Crippen molar-refractivity contribution in [3.63, 3.8) is 0 Å². The van der Waals surface area contributed by atoms with E-state index >= 15 is 0 Å². The van der Waals surface area contributed by atoms with Crippen LogP contribution in [-0.2, 0) is 6.54 Å². The molecule has 0 aliphatic carbocycles. The number of hydrogen-bond donors (Lipinski definition) is 1. The smallest absolute Gasteiger partial charge is 0.209 e. The summed E-state index contributed by atoms with van der Waals surface area (Å²) in [6.45, 7) is 7.99. The molecule has 0 atom stereocenters. The molecule has 1 aromatic carbocycles. The fourth-order valence-electron chi connectivity index (χ4n) is 1.87. The third-order valence-electron chi connectivity index (χ3n) is 2.57.